The van der Waals surface area contributed by atoms with Crippen LogP contribution in [0.4, 0.5) is 0 Å². The van der Waals surface area contributed by atoms with Crippen LogP contribution in [-0.2, 0) is 17.8 Å². The number of aryl methyl sites for hydroxylation is 2. The molecule has 0 saturated heterocycles. The first-order chi connectivity index (χ1) is 7.27. The summed E-state index contributed by atoms with van der Waals surface area (Å²) < 4.78 is 6.99. The molecule has 1 N–H and O–H groups in total. The topological polar surface area (TPSA) is 39.1 Å². The third-order valence-corrected chi connectivity index (χ3v) is 2.30. The van der Waals surface area contributed by atoms with Crippen molar-refractivity contribution in [1.82, 2.24) is 15.1 Å². The van der Waals surface area contributed by atoms with Gasteiger partial charge < -0.3 is 10.1 Å². The molecule has 0 aliphatic heterocycles. The Bertz CT molecular complexity index is 283. The summed E-state index contributed by atoms with van der Waals surface area (Å²) in [5.41, 5.74) is 2.40. The zero-order valence-electron chi connectivity index (χ0n) is 9.92. The lowest BCUT2D eigenvalue weighted by atomic mass is 10.2. The Kier molecular flexibility index (Phi) is 5.36. The number of rotatable bonds is 7. The average molecular weight is 211 g/mol. The molecule has 1 heterocycles. The molecule has 0 aliphatic rings. The van der Waals surface area contributed by atoms with E-state index in [1.165, 1.54) is 5.56 Å². The number of ether oxygens (including phenoxy) is 1. The fraction of sp³-hybridized carbons (Fsp3) is 0.727. The fourth-order valence-electron chi connectivity index (χ4n) is 1.47. The maximum Gasteiger partial charge on any atom is 0.0638 e. The van der Waals surface area contributed by atoms with Crippen molar-refractivity contribution in [2.45, 2.75) is 33.4 Å². The number of hydrogen-bond acceptors (Lipinski definition) is 3. The zero-order valence-corrected chi connectivity index (χ0v) is 9.92. The van der Waals surface area contributed by atoms with Gasteiger partial charge in [-0.3, -0.25) is 4.68 Å². The van der Waals surface area contributed by atoms with Crippen molar-refractivity contribution in [2.75, 3.05) is 20.3 Å². The van der Waals surface area contributed by atoms with E-state index >= 15 is 0 Å². The van der Waals surface area contributed by atoms with Crippen LogP contribution in [0.3, 0.4) is 0 Å². The van der Waals surface area contributed by atoms with Crippen LogP contribution in [0.5, 0.6) is 0 Å². The van der Waals surface area contributed by atoms with Crippen LogP contribution >= 0.6 is 0 Å². The van der Waals surface area contributed by atoms with E-state index in [0.29, 0.717) is 0 Å². The highest BCUT2D eigenvalue weighted by Gasteiger charge is 2.03. The molecule has 0 aromatic carbocycles. The SMILES string of the molecule is CCCn1cc(CNCCOC)c(C)n1. The first-order valence-electron chi connectivity index (χ1n) is 5.50. The molecule has 1 aromatic heterocycles. The molecule has 86 valence electrons. The van der Waals surface area contributed by atoms with Crippen molar-refractivity contribution >= 4 is 0 Å². The summed E-state index contributed by atoms with van der Waals surface area (Å²) >= 11 is 0. The van der Waals surface area contributed by atoms with Gasteiger partial charge in [-0.25, -0.2) is 0 Å². The number of nitrogens with one attached hydrogen (secondary N) is 1. The minimum atomic E-state index is 0.752. The highest BCUT2D eigenvalue weighted by Crippen LogP contribution is 2.05. The van der Waals surface area contributed by atoms with E-state index in [2.05, 4.69) is 30.5 Å². The first kappa shape index (κ1) is 12.2. The van der Waals surface area contributed by atoms with E-state index in [4.69, 9.17) is 4.74 Å². The van der Waals surface area contributed by atoms with Gasteiger partial charge in [0.2, 0.25) is 0 Å². The van der Waals surface area contributed by atoms with E-state index in [1.807, 2.05) is 4.68 Å². The minimum Gasteiger partial charge on any atom is -0.383 e. The molecule has 0 radical (unpaired) electrons. The maximum absolute atomic E-state index is 4.97. The van der Waals surface area contributed by atoms with E-state index in [-0.39, 0.29) is 0 Å². The molecule has 4 heteroatoms. The summed E-state index contributed by atoms with van der Waals surface area (Å²) in [5.74, 6) is 0. The molecular formula is C11H21N3O. The molecule has 1 aromatic rings. The Balaban J connectivity index is 2.39. The van der Waals surface area contributed by atoms with Gasteiger partial charge in [0.05, 0.1) is 12.3 Å². The largest absolute Gasteiger partial charge is 0.383 e. The summed E-state index contributed by atoms with van der Waals surface area (Å²) in [7, 11) is 1.71. The zero-order chi connectivity index (χ0) is 11.1. The van der Waals surface area contributed by atoms with Crippen molar-refractivity contribution in [3.63, 3.8) is 0 Å². The monoisotopic (exact) mass is 211 g/mol. The normalized spacial score (nSPS) is 10.9. The van der Waals surface area contributed by atoms with Crippen LogP contribution in [0.25, 0.3) is 0 Å². The Morgan fingerprint density at radius 3 is 3.00 bits per heavy atom. The molecule has 0 spiro atoms. The van der Waals surface area contributed by atoms with Gasteiger partial charge in [0, 0.05) is 38.5 Å². The van der Waals surface area contributed by atoms with Crippen LogP contribution in [0.1, 0.15) is 24.6 Å². The molecule has 0 saturated carbocycles. The molecule has 4 nitrogen and oxygen atoms in total. The predicted molar refractivity (Wildman–Crippen MR) is 60.8 cm³/mol. The molecule has 15 heavy (non-hydrogen) atoms. The number of methoxy groups -OCH3 is 1. The molecule has 0 fully saturated rings. The highest BCUT2D eigenvalue weighted by molar-refractivity contribution is 5.14. The first-order valence-corrected chi connectivity index (χ1v) is 5.50. The van der Waals surface area contributed by atoms with Gasteiger partial charge in [-0.05, 0) is 13.3 Å². The molecule has 1 rings (SSSR count). The molecule has 0 amide bonds. The van der Waals surface area contributed by atoms with Crippen LogP contribution in [0.2, 0.25) is 0 Å². The summed E-state index contributed by atoms with van der Waals surface area (Å²) in [6, 6.07) is 0. The van der Waals surface area contributed by atoms with Crippen LogP contribution < -0.4 is 5.32 Å². The number of nitrogens with zero attached hydrogens (tertiary/aromatic N) is 2. The smallest absolute Gasteiger partial charge is 0.0638 e. The summed E-state index contributed by atoms with van der Waals surface area (Å²) in [6.07, 6.45) is 3.25. The molecule has 0 bridgehead atoms. The van der Waals surface area contributed by atoms with Crippen LogP contribution in [0, 0.1) is 6.92 Å². The van der Waals surface area contributed by atoms with Gasteiger partial charge in [-0.2, -0.15) is 5.10 Å². The van der Waals surface area contributed by atoms with Gasteiger partial charge in [0.1, 0.15) is 0 Å². The van der Waals surface area contributed by atoms with Crippen molar-refractivity contribution in [3.05, 3.63) is 17.5 Å². The predicted octanol–water partition coefficient (Wildman–Crippen LogP) is 1.34. The number of aromatic nitrogens is 2. The lowest BCUT2D eigenvalue weighted by Crippen LogP contribution is -2.18. The van der Waals surface area contributed by atoms with Crippen molar-refractivity contribution in [2.24, 2.45) is 0 Å². The summed E-state index contributed by atoms with van der Waals surface area (Å²) in [6.45, 7) is 7.72. The Hall–Kier alpha value is -0.870. The van der Waals surface area contributed by atoms with Gasteiger partial charge in [0.15, 0.2) is 0 Å². The average Bonchev–Trinajstić information content (AvgIpc) is 2.55. The van der Waals surface area contributed by atoms with Crippen LogP contribution in [0.15, 0.2) is 6.20 Å². The summed E-state index contributed by atoms with van der Waals surface area (Å²) in [5, 5.41) is 7.77. The van der Waals surface area contributed by atoms with E-state index in [0.717, 1.165) is 38.4 Å². The standard InChI is InChI=1S/C11H21N3O/c1-4-6-14-9-11(10(2)13-14)8-12-5-7-15-3/h9,12H,4-8H2,1-3H3. The quantitative estimate of drug-likeness (QED) is 0.692. The van der Waals surface area contributed by atoms with Gasteiger partial charge in [-0.1, -0.05) is 6.92 Å². The third-order valence-electron chi connectivity index (χ3n) is 2.30. The van der Waals surface area contributed by atoms with Gasteiger partial charge in [-0.15, -0.1) is 0 Å². The Morgan fingerprint density at radius 1 is 1.53 bits per heavy atom. The second kappa shape index (κ2) is 6.58. The molecule has 0 atom stereocenters. The van der Waals surface area contributed by atoms with Crippen molar-refractivity contribution in [1.29, 1.82) is 0 Å². The lowest BCUT2D eigenvalue weighted by molar-refractivity contribution is 0.199. The number of hydrogen-bond donors (Lipinski definition) is 1. The Labute approximate surface area is 91.6 Å². The van der Waals surface area contributed by atoms with Gasteiger partial charge in [0.25, 0.3) is 0 Å². The second-order valence-corrected chi connectivity index (χ2v) is 3.67. The lowest BCUT2D eigenvalue weighted by Gasteiger charge is -2.01. The molecule has 0 unspecified atom stereocenters. The second-order valence-electron chi connectivity index (χ2n) is 3.67. The molecular weight excluding hydrogens is 190 g/mol. The third kappa shape index (κ3) is 4.01. The minimum absolute atomic E-state index is 0.752. The molecule has 0 aliphatic carbocycles. The van der Waals surface area contributed by atoms with E-state index < -0.39 is 0 Å². The van der Waals surface area contributed by atoms with Crippen molar-refractivity contribution < 1.29 is 4.74 Å². The van der Waals surface area contributed by atoms with Gasteiger partial charge >= 0.3 is 0 Å². The fourth-order valence-corrected chi connectivity index (χ4v) is 1.47. The van der Waals surface area contributed by atoms with Crippen molar-refractivity contribution in [3.8, 4) is 0 Å². The maximum atomic E-state index is 4.97. The highest BCUT2D eigenvalue weighted by atomic mass is 16.5. The summed E-state index contributed by atoms with van der Waals surface area (Å²) in [4.78, 5) is 0. The van der Waals surface area contributed by atoms with Crippen LogP contribution in [-0.4, -0.2) is 30.0 Å². The van der Waals surface area contributed by atoms with E-state index in [1.54, 1.807) is 7.11 Å². The Morgan fingerprint density at radius 2 is 2.33 bits per heavy atom. The van der Waals surface area contributed by atoms with E-state index in [9.17, 15) is 0 Å².